The van der Waals surface area contributed by atoms with Crippen molar-refractivity contribution < 1.29 is 23.5 Å². The third kappa shape index (κ3) is 4.63. The maximum absolute atomic E-state index is 13.3. The van der Waals surface area contributed by atoms with Crippen molar-refractivity contribution in [3.05, 3.63) is 80.7 Å². The van der Waals surface area contributed by atoms with Crippen molar-refractivity contribution in [3.8, 4) is 0 Å². The van der Waals surface area contributed by atoms with Gasteiger partial charge in [0.25, 0.3) is 11.8 Å². The van der Waals surface area contributed by atoms with Gasteiger partial charge in [0.1, 0.15) is 18.2 Å². The largest absolute Gasteiger partial charge is 0.459 e. The van der Waals surface area contributed by atoms with Crippen molar-refractivity contribution in [3.63, 3.8) is 0 Å². The first-order valence-electron chi connectivity index (χ1n) is 11.8. The second kappa shape index (κ2) is 9.49. The molecule has 0 bridgehead atoms. The first kappa shape index (κ1) is 24.4. The molecule has 1 aromatic heterocycles. The van der Waals surface area contributed by atoms with Gasteiger partial charge in [-0.1, -0.05) is 39.8 Å². The van der Waals surface area contributed by atoms with Gasteiger partial charge in [-0.3, -0.25) is 14.5 Å². The van der Waals surface area contributed by atoms with Crippen LogP contribution >= 0.6 is 0 Å². The number of esters is 1. The van der Waals surface area contributed by atoms with Gasteiger partial charge in [-0.05, 0) is 60.6 Å². The average Bonchev–Trinajstić information content (AvgIpc) is 3.05. The summed E-state index contributed by atoms with van der Waals surface area (Å²) in [6.07, 6.45) is 0.263. The lowest BCUT2D eigenvalue weighted by Gasteiger charge is -2.26. The number of benzene rings is 2. The third-order valence-electron chi connectivity index (χ3n) is 6.31. The van der Waals surface area contributed by atoms with Gasteiger partial charge in [-0.15, -0.1) is 0 Å². The monoisotopic (exact) mass is 475 g/mol. The Morgan fingerprint density at radius 2 is 1.60 bits per heavy atom. The van der Waals surface area contributed by atoms with Crippen LogP contribution in [0.5, 0.6) is 0 Å². The fourth-order valence-corrected chi connectivity index (χ4v) is 4.62. The van der Waals surface area contributed by atoms with Gasteiger partial charge in [-0.25, -0.2) is 9.59 Å². The van der Waals surface area contributed by atoms with Crippen LogP contribution in [0.1, 0.15) is 77.4 Å². The molecule has 0 radical (unpaired) electrons. The summed E-state index contributed by atoms with van der Waals surface area (Å²) in [6.45, 7) is 9.74. The Morgan fingerprint density at radius 3 is 2.17 bits per heavy atom. The lowest BCUT2D eigenvalue weighted by atomic mass is 9.95. The summed E-state index contributed by atoms with van der Waals surface area (Å²) in [5, 5.41) is 0.688. The van der Waals surface area contributed by atoms with Crippen LogP contribution in [0.3, 0.4) is 0 Å². The molecule has 3 aromatic rings. The van der Waals surface area contributed by atoms with E-state index in [-0.39, 0.29) is 36.0 Å². The van der Waals surface area contributed by atoms with E-state index < -0.39 is 29.5 Å². The number of carbonyl (C=O) groups excluding carboxylic acids is 3. The zero-order valence-electron chi connectivity index (χ0n) is 20.6. The highest BCUT2D eigenvalue weighted by atomic mass is 16.5. The predicted molar refractivity (Wildman–Crippen MR) is 131 cm³/mol. The van der Waals surface area contributed by atoms with Gasteiger partial charge in [0.2, 0.25) is 0 Å². The summed E-state index contributed by atoms with van der Waals surface area (Å²) in [7, 11) is 0. The maximum Gasteiger partial charge on any atom is 0.336 e. The van der Waals surface area contributed by atoms with E-state index in [1.54, 1.807) is 24.3 Å². The second-order valence-electron chi connectivity index (χ2n) is 9.73. The normalized spacial score (nSPS) is 14.2. The SMILES string of the molecule is Cc1cc2oc(=O)cc(COC(=O)C(CC(C)C)N3C(=O)c4ccccc4C3=O)c2cc1C(C)C. The molecule has 4 rings (SSSR count). The van der Waals surface area contributed by atoms with E-state index in [4.69, 9.17) is 9.15 Å². The molecular formula is C28H29NO6. The summed E-state index contributed by atoms with van der Waals surface area (Å²) in [5.74, 6) is -1.41. The first-order chi connectivity index (χ1) is 16.6. The summed E-state index contributed by atoms with van der Waals surface area (Å²) in [4.78, 5) is 52.5. The number of nitrogens with zero attached hydrogens (tertiary/aromatic N) is 1. The molecule has 1 unspecified atom stereocenters. The minimum absolute atomic E-state index is 0.0260. The predicted octanol–water partition coefficient (Wildman–Crippen LogP) is 4.98. The molecule has 35 heavy (non-hydrogen) atoms. The molecule has 2 heterocycles. The number of hydrogen-bond donors (Lipinski definition) is 0. The van der Waals surface area contributed by atoms with Crippen molar-refractivity contribution in [1.29, 1.82) is 0 Å². The quantitative estimate of drug-likeness (QED) is 0.272. The fraction of sp³-hybridized carbons (Fsp3) is 0.357. The summed E-state index contributed by atoms with van der Waals surface area (Å²) in [5.41, 5.74) is 3.06. The van der Waals surface area contributed by atoms with Crippen molar-refractivity contribution in [2.45, 2.75) is 59.6 Å². The number of rotatable bonds is 7. The van der Waals surface area contributed by atoms with Crippen molar-refractivity contribution in [2.24, 2.45) is 5.92 Å². The summed E-state index contributed by atoms with van der Waals surface area (Å²) >= 11 is 0. The smallest absolute Gasteiger partial charge is 0.336 e. The molecule has 7 nitrogen and oxygen atoms in total. The van der Waals surface area contributed by atoms with Gasteiger partial charge in [0, 0.05) is 17.0 Å². The molecule has 2 amide bonds. The van der Waals surface area contributed by atoms with Crippen LogP contribution in [0.2, 0.25) is 0 Å². The molecule has 0 aliphatic carbocycles. The molecule has 0 fully saturated rings. The highest BCUT2D eigenvalue weighted by Gasteiger charge is 2.43. The highest BCUT2D eigenvalue weighted by Crippen LogP contribution is 2.29. The number of ether oxygens (including phenoxy) is 1. The Bertz CT molecular complexity index is 1350. The van der Waals surface area contributed by atoms with Crippen LogP contribution in [0.4, 0.5) is 0 Å². The molecule has 0 N–H and O–H groups in total. The van der Waals surface area contributed by atoms with Gasteiger partial charge in [0.15, 0.2) is 0 Å². The van der Waals surface area contributed by atoms with E-state index >= 15 is 0 Å². The van der Waals surface area contributed by atoms with E-state index in [9.17, 15) is 19.2 Å². The van der Waals surface area contributed by atoms with Gasteiger partial charge in [0.05, 0.1) is 11.1 Å². The number of hydrogen-bond acceptors (Lipinski definition) is 6. The van der Waals surface area contributed by atoms with E-state index in [0.29, 0.717) is 16.5 Å². The van der Waals surface area contributed by atoms with Gasteiger partial charge >= 0.3 is 11.6 Å². The molecule has 7 heteroatoms. The standard InChI is InChI=1S/C28H29NO6/c1-15(2)10-23(29-26(31)19-8-6-7-9-20(19)27(29)32)28(33)34-14-18-12-25(30)35-24-11-17(5)21(16(3)4)13-22(18)24/h6-9,11-13,15-16,23H,10,14H2,1-5H3. The van der Waals surface area contributed by atoms with Crippen LogP contribution < -0.4 is 5.63 Å². The molecule has 0 spiro atoms. The zero-order chi connectivity index (χ0) is 25.4. The second-order valence-corrected chi connectivity index (χ2v) is 9.73. The van der Waals surface area contributed by atoms with E-state index in [1.165, 1.54) is 6.07 Å². The Morgan fingerprint density at radius 1 is 0.971 bits per heavy atom. The molecule has 1 aliphatic heterocycles. The minimum atomic E-state index is -1.07. The molecule has 2 aromatic carbocycles. The zero-order valence-corrected chi connectivity index (χ0v) is 20.6. The van der Waals surface area contributed by atoms with Crippen LogP contribution in [-0.4, -0.2) is 28.7 Å². The van der Waals surface area contributed by atoms with Crippen LogP contribution in [0.25, 0.3) is 11.0 Å². The molecular weight excluding hydrogens is 446 g/mol. The van der Waals surface area contributed by atoms with E-state index in [2.05, 4.69) is 13.8 Å². The molecule has 182 valence electrons. The number of imide groups is 1. The number of amides is 2. The highest BCUT2D eigenvalue weighted by molar-refractivity contribution is 6.22. The Balaban J connectivity index is 1.64. The topological polar surface area (TPSA) is 93.9 Å². The van der Waals surface area contributed by atoms with E-state index in [1.807, 2.05) is 32.9 Å². The lowest BCUT2D eigenvalue weighted by molar-refractivity contribution is -0.150. The van der Waals surface area contributed by atoms with Crippen molar-refractivity contribution in [1.82, 2.24) is 4.90 Å². The third-order valence-corrected chi connectivity index (χ3v) is 6.31. The fourth-order valence-electron chi connectivity index (χ4n) is 4.62. The Hall–Kier alpha value is -3.74. The molecule has 1 aliphatic rings. The van der Waals surface area contributed by atoms with Gasteiger partial charge in [-0.2, -0.15) is 0 Å². The first-order valence-corrected chi connectivity index (χ1v) is 11.8. The van der Waals surface area contributed by atoms with Crippen LogP contribution in [0, 0.1) is 12.8 Å². The Labute approximate surface area is 203 Å². The maximum atomic E-state index is 13.3. The van der Waals surface area contributed by atoms with Crippen LogP contribution in [0.15, 0.2) is 51.7 Å². The van der Waals surface area contributed by atoms with E-state index in [0.717, 1.165) is 16.0 Å². The summed E-state index contributed by atoms with van der Waals surface area (Å²) < 4.78 is 11.0. The average molecular weight is 476 g/mol. The number of carbonyl (C=O) groups is 3. The number of aryl methyl sites for hydroxylation is 1. The molecule has 0 saturated carbocycles. The van der Waals surface area contributed by atoms with Gasteiger partial charge < -0.3 is 9.15 Å². The molecule has 1 atom stereocenters. The summed E-state index contributed by atoms with van der Waals surface area (Å²) in [6, 6.07) is 10.5. The lowest BCUT2D eigenvalue weighted by Crippen LogP contribution is -2.46. The molecule has 0 saturated heterocycles. The van der Waals surface area contributed by atoms with Crippen LogP contribution in [-0.2, 0) is 16.1 Å². The van der Waals surface area contributed by atoms with Crippen molar-refractivity contribution >= 4 is 28.8 Å². The van der Waals surface area contributed by atoms with Crippen molar-refractivity contribution in [2.75, 3.05) is 0 Å². The Kier molecular flexibility index (Phi) is 6.61. The minimum Gasteiger partial charge on any atom is -0.459 e. The number of fused-ring (bicyclic) bond motifs is 2.